The number of carbonyl (C=O) groups excluding carboxylic acids is 1. The molecule has 2 rings (SSSR count). The van der Waals surface area contributed by atoms with E-state index in [4.69, 9.17) is 22.4 Å². The molecular formula is C15H17N3O2S. The molecule has 0 bridgehead atoms. The lowest BCUT2D eigenvalue weighted by molar-refractivity contribution is 0.0714. The first kappa shape index (κ1) is 15.2. The van der Waals surface area contributed by atoms with E-state index in [1.807, 2.05) is 19.1 Å². The number of hydrogen-bond acceptors (Lipinski definition) is 4. The van der Waals surface area contributed by atoms with Gasteiger partial charge in [0.1, 0.15) is 0 Å². The molecule has 0 aliphatic carbocycles. The molecule has 0 fully saturated rings. The van der Waals surface area contributed by atoms with Gasteiger partial charge < -0.3 is 15.1 Å². The quantitative estimate of drug-likeness (QED) is 0.829. The predicted octanol–water partition coefficient (Wildman–Crippen LogP) is 2.30. The van der Waals surface area contributed by atoms with Gasteiger partial charge in [-0.15, -0.1) is 0 Å². The minimum Gasteiger partial charge on any atom is -0.459 e. The summed E-state index contributed by atoms with van der Waals surface area (Å²) in [5.74, 6) is 0.180. The maximum absolute atomic E-state index is 12.6. The van der Waals surface area contributed by atoms with Crippen molar-refractivity contribution >= 4 is 23.1 Å². The van der Waals surface area contributed by atoms with Crippen molar-refractivity contribution in [3.8, 4) is 0 Å². The van der Waals surface area contributed by atoms with Gasteiger partial charge in [-0.3, -0.25) is 9.78 Å². The van der Waals surface area contributed by atoms with Crippen LogP contribution >= 0.6 is 12.2 Å². The van der Waals surface area contributed by atoms with Crippen LogP contribution in [0.2, 0.25) is 0 Å². The van der Waals surface area contributed by atoms with E-state index in [0.29, 0.717) is 30.3 Å². The molecule has 0 saturated heterocycles. The Morgan fingerprint density at radius 3 is 2.86 bits per heavy atom. The number of aromatic nitrogens is 1. The second kappa shape index (κ2) is 6.99. The van der Waals surface area contributed by atoms with Gasteiger partial charge in [-0.2, -0.15) is 0 Å². The Morgan fingerprint density at radius 1 is 1.48 bits per heavy atom. The van der Waals surface area contributed by atoms with Crippen LogP contribution in [-0.2, 0) is 6.54 Å². The monoisotopic (exact) mass is 303 g/mol. The van der Waals surface area contributed by atoms with Gasteiger partial charge in [-0.25, -0.2) is 0 Å². The van der Waals surface area contributed by atoms with E-state index in [0.717, 1.165) is 11.1 Å². The van der Waals surface area contributed by atoms with E-state index in [2.05, 4.69) is 4.98 Å². The van der Waals surface area contributed by atoms with Crippen molar-refractivity contribution in [3.05, 3.63) is 53.7 Å². The lowest BCUT2D eigenvalue weighted by Gasteiger charge is -2.21. The molecule has 110 valence electrons. The fourth-order valence-electron chi connectivity index (χ4n) is 1.95. The third-order valence-corrected chi connectivity index (χ3v) is 3.27. The van der Waals surface area contributed by atoms with E-state index >= 15 is 0 Å². The van der Waals surface area contributed by atoms with Gasteiger partial charge in [-0.05, 0) is 24.6 Å². The van der Waals surface area contributed by atoms with Gasteiger partial charge in [0.25, 0.3) is 5.91 Å². The molecule has 0 unspecified atom stereocenters. The van der Waals surface area contributed by atoms with Gasteiger partial charge >= 0.3 is 0 Å². The molecule has 5 nitrogen and oxygen atoms in total. The summed E-state index contributed by atoms with van der Waals surface area (Å²) in [6.45, 7) is 2.73. The van der Waals surface area contributed by atoms with Crippen LogP contribution in [0.3, 0.4) is 0 Å². The number of amides is 1. The molecule has 0 radical (unpaired) electrons. The Balaban J connectivity index is 2.17. The Labute approximate surface area is 128 Å². The van der Waals surface area contributed by atoms with Gasteiger partial charge in [-0.1, -0.05) is 18.3 Å². The molecule has 0 aromatic carbocycles. The van der Waals surface area contributed by atoms with Crippen LogP contribution in [0.15, 0.2) is 41.3 Å². The molecule has 0 spiro atoms. The van der Waals surface area contributed by atoms with Gasteiger partial charge in [0.15, 0.2) is 5.76 Å². The summed E-state index contributed by atoms with van der Waals surface area (Å²) in [4.78, 5) is 18.7. The first-order valence-electron chi connectivity index (χ1n) is 6.58. The number of furan rings is 1. The van der Waals surface area contributed by atoms with Crippen molar-refractivity contribution in [2.24, 2.45) is 5.73 Å². The smallest absolute Gasteiger partial charge is 0.290 e. The molecule has 2 heterocycles. The summed E-state index contributed by atoms with van der Waals surface area (Å²) in [7, 11) is 0. The van der Waals surface area contributed by atoms with Crippen molar-refractivity contribution in [2.45, 2.75) is 19.9 Å². The van der Waals surface area contributed by atoms with Crippen LogP contribution in [0.5, 0.6) is 0 Å². The maximum atomic E-state index is 12.6. The maximum Gasteiger partial charge on any atom is 0.290 e. The molecule has 2 aromatic heterocycles. The van der Waals surface area contributed by atoms with E-state index < -0.39 is 0 Å². The van der Waals surface area contributed by atoms with Crippen LogP contribution in [-0.4, -0.2) is 27.3 Å². The molecule has 0 aliphatic rings. The molecular weight excluding hydrogens is 286 g/mol. The highest BCUT2D eigenvalue weighted by molar-refractivity contribution is 7.80. The molecule has 21 heavy (non-hydrogen) atoms. The number of hydrogen-bond donors (Lipinski definition) is 1. The fraction of sp³-hybridized carbons (Fsp3) is 0.267. The number of aryl methyl sites for hydroxylation is 1. The van der Waals surface area contributed by atoms with Crippen molar-refractivity contribution in [1.82, 2.24) is 9.88 Å². The van der Waals surface area contributed by atoms with E-state index in [-0.39, 0.29) is 5.91 Å². The molecule has 1 amide bonds. The summed E-state index contributed by atoms with van der Waals surface area (Å²) >= 11 is 4.89. The summed E-state index contributed by atoms with van der Waals surface area (Å²) in [6.07, 6.45) is 5.41. The lowest BCUT2D eigenvalue weighted by atomic mass is 10.2. The summed E-state index contributed by atoms with van der Waals surface area (Å²) in [5, 5.41) is 0. The third kappa shape index (κ3) is 4.13. The molecule has 0 saturated carbocycles. The largest absolute Gasteiger partial charge is 0.459 e. The Kier molecular flexibility index (Phi) is 5.05. The lowest BCUT2D eigenvalue weighted by Crippen LogP contribution is -2.33. The van der Waals surface area contributed by atoms with E-state index in [1.165, 1.54) is 6.26 Å². The van der Waals surface area contributed by atoms with Crippen molar-refractivity contribution in [1.29, 1.82) is 0 Å². The summed E-state index contributed by atoms with van der Waals surface area (Å²) < 4.78 is 5.28. The fourth-order valence-corrected chi connectivity index (χ4v) is 2.04. The van der Waals surface area contributed by atoms with Gasteiger partial charge in [0.2, 0.25) is 0 Å². The van der Waals surface area contributed by atoms with Crippen LogP contribution < -0.4 is 5.73 Å². The third-order valence-electron chi connectivity index (χ3n) is 3.07. The molecule has 0 aliphatic heterocycles. The first-order valence-corrected chi connectivity index (χ1v) is 6.99. The van der Waals surface area contributed by atoms with Crippen molar-refractivity contribution in [2.75, 3.05) is 6.54 Å². The minimum absolute atomic E-state index is 0.169. The second-order valence-corrected chi connectivity index (χ2v) is 5.26. The van der Waals surface area contributed by atoms with Crippen LogP contribution in [0.1, 0.15) is 28.1 Å². The van der Waals surface area contributed by atoms with Crippen LogP contribution in [0, 0.1) is 6.92 Å². The number of rotatable bonds is 6. The zero-order chi connectivity index (χ0) is 15.2. The Hall–Kier alpha value is -2.21. The minimum atomic E-state index is -0.169. The highest BCUT2D eigenvalue weighted by Gasteiger charge is 2.20. The molecule has 6 heteroatoms. The van der Waals surface area contributed by atoms with Crippen molar-refractivity contribution < 1.29 is 9.21 Å². The Bertz CT molecular complexity index is 625. The topological polar surface area (TPSA) is 72.4 Å². The van der Waals surface area contributed by atoms with Crippen LogP contribution in [0.25, 0.3) is 0 Å². The highest BCUT2D eigenvalue weighted by Crippen LogP contribution is 2.14. The standard InChI is InChI=1S/C15H17N3O2S/c1-11-5-8-20-14(11)15(19)18(7-4-13(16)21)10-12-3-2-6-17-9-12/h2-3,5-6,8-9H,4,7,10H2,1H3,(H2,16,21). The molecule has 2 aromatic rings. The average Bonchev–Trinajstić information content (AvgIpc) is 2.90. The number of nitrogens with two attached hydrogens (primary N) is 1. The van der Waals surface area contributed by atoms with Gasteiger partial charge in [0, 0.05) is 37.5 Å². The second-order valence-electron chi connectivity index (χ2n) is 4.74. The van der Waals surface area contributed by atoms with E-state index in [1.54, 1.807) is 23.4 Å². The average molecular weight is 303 g/mol. The number of nitrogens with zero attached hydrogens (tertiary/aromatic N) is 2. The molecule has 0 atom stereocenters. The number of carbonyl (C=O) groups is 1. The zero-order valence-corrected chi connectivity index (χ0v) is 12.6. The highest BCUT2D eigenvalue weighted by atomic mass is 32.1. The normalized spacial score (nSPS) is 10.3. The number of thiocarbonyl (C=S) groups is 1. The summed E-state index contributed by atoms with van der Waals surface area (Å²) in [6, 6.07) is 5.52. The first-order chi connectivity index (χ1) is 10.1. The SMILES string of the molecule is Cc1ccoc1C(=O)N(CCC(N)=S)Cc1cccnc1. The summed E-state index contributed by atoms with van der Waals surface area (Å²) in [5.41, 5.74) is 7.29. The van der Waals surface area contributed by atoms with Gasteiger partial charge in [0.05, 0.1) is 11.3 Å². The number of pyridine rings is 1. The van der Waals surface area contributed by atoms with Crippen LogP contribution in [0.4, 0.5) is 0 Å². The zero-order valence-electron chi connectivity index (χ0n) is 11.8. The van der Waals surface area contributed by atoms with E-state index in [9.17, 15) is 4.79 Å². The Morgan fingerprint density at radius 2 is 2.29 bits per heavy atom. The van der Waals surface area contributed by atoms with Crippen molar-refractivity contribution in [3.63, 3.8) is 0 Å². The predicted molar refractivity (Wildman–Crippen MR) is 83.8 cm³/mol. The molecule has 2 N–H and O–H groups in total.